The summed E-state index contributed by atoms with van der Waals surface area (Å²) >= 11 is 0. The number of H-pyrrole nitrogens is 1. The smallest absolute Gasteiger partial charge is 0.270 e. The monoisotopic (exact) mass is 232 g/mol. The van der Waals surface area contributed by atoms with E-state index in [2.05, 4.69) is 5.10 Å². The van der Waals surface area contributed by atoms with E-state index in [1.807, 2.05) is 6.07 Å². The van der Waals surface area contributed by atoms with E-state index in [1.165, 1.54) is 0 Å². The third-order valence-electron chi connectivity index (χ3n) is 2.92. The van der Waals surface area contributed by atoms with Crippen LogP contribution < -0.4 is 5.56 Å². The van der Waals surface area contributed by atoms with Gasteiger partial charge in [-0.15, -0.1) is 0 Å². The number of fused-ring (bicyclic) bond motifs is 1. The zero-order chi connectivity index (χ0) is 11.8. The molecule has 2 heterocycles. The van der Waals surface area contributed by atoms with E-state index in [0.29, 0.717) is 25.2 Å². The molecule has 0 unspecified atom stereocenters. The van der Waals surface area contributed by atoms with Crippen molar-refractivity contribution in [2.24, 2.45) is 0 Å². The summed E-state index contributed by atoms with van der Waals surface area (Å²) in [4.78, 5) is 11.7. The molecule has 1 aliphatic rings. The lowest BCUT2D eigenvalue weighted by molar-refractivity contribution is 0.109. The predicted molar refractivity (Wildman–Crippen MR) is 61.4 cm³/mol. The van der Waals surface area contributed by atoms with Gasteiger partial charge in [0.2, 0.25) is 0 Å². The lowest BCUT2D eigenvalue weighted by atomic mass is 10.1. The van der Waals surface area contributed by atoms with Crippen LogP contribution in [-0.4, -0.2) is 21.5 Å². The SMILES string of the molecule is O=c1[nH]n(-c2cccc(O)c2)c2c1COCC2. The van der Waals surface area contributed by atoms with Crippen molar-refractivity contribution in [2.45, 2.75) is 13.0 Å². The summed E-state index contributed by atoms with van der Waals surface area (Å²) in [6.45, 7) is 0.972. The molecule has 0 radical (unpaired) electrons. The highest BCUT2D eigenvalue weighted by Crippen LogP contribution is 2.19. The molecule has 17 heavy (non-hydrogen) atoms. The van der Waals surface area contributed by atoms with Crippen LogP contribution in [0.2, 0.25) is 0 Å². The van der Waals surface area contributed by atoms with Crippen molar-refractivity contribution in [3.05, 3.63) is 45.9 Å². The molecular formula is C12H12N2O3. The number of rotatable bonds is 1. The van der Waals surface area contributed by atoms with Crippen molar-refractivity contribution in [2.75, 3.05) is 6.61 Å². The molecule has 0 fully saturated rings. The number of phenols is 1. The average molecular weight is 232 g/mol. The molecule has 2 aromatic rings. The van der Waals surface area contributed by atoms with Gasteiger partial charge in [-0.2, -0.15) is 0 Å². The summed E-state index contributed by atoms with van der Waals surface area (Å²) in [5.41, 5.74) is 2.25. The maximum absolute atomic E-state index is 11.7. The van der Waals surface area contributed by atoms with Gasteiger partial charge in [0.1, 0.15) is 5.75 Å². The number of hydrogen-bond donors (Lipinski definition) is 2. The minimum absolute atomic E-state index is 0.122. The van der Waals surface area contributed by atoms with Crippen LogP contribution in [-0.2, 0) is 17.8 Å². The van der Waals surface area contributed by atoms with Crippen LogP contribution in [0.4, 0.5) is 0 Å². The predicted octanol–water partition coefficient (Wildman–Crippen LogP) is 0.944. The second-order valence-corrected chi connectivity index (χ2v) is 4.02. The number of phenolic OH excluding ortho intramolecular Hbond substituents is 1. The topological polar surface area (TPSA) is 67.2 Å². The fourth-order valence-electron chi connectivity index (χ4n) is 2.11. The van der Waals surface area contributed by atoms with Crippen molar-refractivity contribution < 1.29 is 9.84 Å². The van der Waals surface area contributed by atoms with Crippen molar-refractivity contribution in [3.8, 4) is 11.4 Å². The fourth-order valence-corrected chi connectivity index (χ4v) is 2.11. The Bertz CT molecular complexity index is 612. The third-order valence-corrected chi connectivity index (χ3v) is 2.92. The highest BCUT2D eigenvalue weighted by atomic mass is 16.5. The van der Waals surface area contributed by atoms with Crippen LogP contribution in [0.5, 0.6) is 5.75 Å². The van der Waals surface area contributed by atoms with E-state index in [1.54, 1.807) is 22.9 Å². The zero-order valence-electron chi connectivity index (χ0n) is 9.14. The molecule has 0 aliphatic carbocycles. The van der Waals surface area contributed by atoms with Gasteiger partial charge in [0.15, 0.2) is 0 Å². The molecule has 0 bridgehead atoms. The molecule has 2 N–H and O–H groups in total. The fraction of sp³-hybridized carbons (Fsp3) is 0.250. The van der Waals surface area contributed by atoms with E-state index >= 15 is 0 Å². The first-order valence-electron chi connectivity index (χ1n) is 5.45. The Balaban J connectivity index is 2.18. The Labute approximate surface area is 97.3 Å². The van der Waals surface area contributed by atoms with Gasteiger partial charge in [-0.3, -0.25) is 14.6 Å². The number of nitrogens with one attached hydrogen (secondary N) is 1. The average Bonchev–Trinajstić information content (AvgIpc) is 2.68. The van der Waals surface area contributed by atoms with Gasteiger partial charge in [-0.25, -0.2) is 0 Å². The minimum atomic E-state index is -0.122. The van der Waals surface area contributed by atoms with Crippen LogP contribution in [0.15, 0.2) is 29.1 Å². The van der Waals surface area contributed by atoms with E-state index in [4.69, 9.17) is 4.74 Å². The number of nitrogens with zero attached hydrogens (tertiary/aromatic N) is 1. The van der Waals surface area contributed by atoms with Crippen molar-refractivity contribution >= 4 is 0 Å². The lowest BCUT2D eigenvalue weighted by Crippen LogP contribution is -2.15. The van der Waals surface area contributed by atoms with Crippen LogP contribution in [0.1, 0.15) is 11.3 Å². The van der Waals surface area contributed by atoms with Crippen LogP contribution in [0.25, 0.3) is 5.69 Å². The maximum atomic E-state index is 11.7. The molecule has 1 aromatic heterocycles. The van der Waals surface area contributed by atoms with Crippen molar-refractivity contribution in [3.63, 3.8) is 0 Å². The first kappa shape index (κ1) is 10.2. The van der Waals surface area contributed by atoms with E-state index in [0.717, 1.165) is 11.4 Å². The Morgan fingerprint density at radius 1 is 1.41 bits per heavy atom. The molecule has 5 nitrogen and oxygen atoms in total. The van der Waals surface area contributed by atoms with Gasteiger partial charge in [0, 0.05) is 12.5 Å². The molecule has 1 aromatic carbocycles. The Kier molecular flexibility index (Phi) is 2.26. The summed E-state index contributed by atoms with van der Waals surface area (Å²) in [6.07, 6.45) is 0.698. The molecule has 0 amide bonds. The van der Waals surface area contributed by atoms with Crippen molar-refractivity contribution in [1.82, 2.24) is 9.78 Å². The van der Waals surface area contributed by atoms with Gasteiger partial charge < -0.3 is 9.84 Å². The normalized spacial score (nSPS) is 14.6. The van der Waals surface area contributed by atoms with Crippen LogP contribution in [0, 0.1) is 0 Å². The van der Waals surface area contributed by atoms with Crippen LogP contribution >= 0.6 is 0 Å². The molecule has 0 atom stereocenters. The minimum Gasteiger partial charge on any atom is -0.508 e. The summed E-state index contributed by atoms with van der Waals surface area (Å²) in [7, 11) is 0. The summed E-state index contributed by atoms with van der Waals surface area (Å²) < 4.78 is 6.99. The number of aromatic nitrogens is 2. The number of aromatic amines is 1. The summed E-state index contributed by atoms with van der Waals surface area (Å²) in [5.74, 6) is 0.179. The molecular weight excluding hydrogens is 220 g/mol. The Hall–Kier alpha value is -2.01. The van der Waals surface area contributed by atoms with Gasteiger partial charge in [-0.1, -0.05) is 6.07 Å². The van der Waals surface area contributed by atoms with E-state index in [9.17, 15) is 9.90 Å². The van der Waals surface area contributed by atoms with Crippen molar-refractivity contribution in [1.29, 1.82) is 0 Å². The summed E-state index contributed by atoms with van der Waals surface area (Å²) in [6, 6.07) is 6.80. The van der Waals surface area contributed by atoms with Gasteiger partial charge >= 0.3 is 0 Å². The number of ether oxygens (including phenoxy) is 1. The first-order valence-corrected chi connectivity index (χ1v) is 5.45. The molecule has 88 valence electrons. The molecule has 0 saturated carbocycles. The third kappa shape index (κ3) is 1.64. The molecule has 0 saturated heterocycles. The van der Waals surface area contributed by atoms with E-state index < -0.39 is 0 Å². The maximum Gasteiger partial charge on any atom is 0.270 e. The van der Waals surface area contributed by atoms with Gasteiger partial charge in [0.05, 0.1) is 30.2 Å². The summed E-state index contributed by atoms with van der Waals surface area (Å²) in [5, 5.41) is 12.2. The Morgan fingerprint density at radius 3 is 3.12 bits per heavy atom. The standard InChI is InChI=1S/C12H12N2O3/c15-9-3-1-2-8(6-9)14-11-4-5-17-7-10(11)12(16)13-14/h1-3,6,15H,4-5,7H2,(H,13,16). The number of hydrogen-bond acceptors (Lipinski definition) is 3. The molecule has 1 aliphatic heterocycles. The largest absolute Gasteiger partial charge is 0.508 e. The quantitative estimate of drug-likeness (QED) is 0.769. The van der Waals surface area contributed by atoms with E-state index in [-0.39, 0.29) is 11.3 Å². The number of benzene rings is 1. The van der Waals surface area contributed by atoms with Crippen LogP contribution in [0.3, 0.4) is 0 Å². The van der Waals surface area contributed by atoms with Gasteiger partial charge in [0.25, 0.3) is 5.56 Å². The highest BCUT2D eigenvalue weighted by molar-refractivity contribution is 5.40. The number of aromatic hydroxyl groups is 1. The first-order chi connectivity index (χ1) is 8.25. The lowest BCUT2D eigenvalue weighted by Gasteiger charge is -2.14. The van der Waals surface area contributed by atoms with Gasteiger partial charge in [-0.05, 0) is 12.1 Å². The second kappa shape index (κ2) is 3.78. The molecule has 3 rings (SSSR count). The highest BCUT2D eigenvalue weighted by Gasteiger charge is 2.19. The molecule has 5 heteroatoms. The zero-order valence-corrected chi connectivity index (χ0v) is 9.14. The second-order valence-electron chi connectivity index (χ2n) is 4.02. The Morgan fingerprint density at radius 2 is 2.29 bits per heavy atom. The molecule has 0 spiro atoms.